The second-order valence-corrected chi connectivity index (χ2v) is 5.00. The number of halogens is 1. The van der Waals surface area contributed by atoms with E-state index >= 15 is 0 Å². The second-order valence-electron chi connectivity index (χ2n) is 4.21. The molecule has 1 aromatic heterocycles. The molecule has 1 aliphatic rings. The van der Waals surface area contributed by atoms with Gasteiger partial charge in [-0.05, 0) is 36.2 Å². The van der Waals surface area contributed by atoms with Gasteiger partial charge in [-0.25, -0.2) is 0 Å². The Morgan fingerprint density at radius 1 is 1.28 bits per heavy atom. The zero-order chi connectivity index (χ0) is 13.4. The summed E-state index contributed by atoms with van der Waals surface area (Å²) in [6, 6.07) is 0. The van der Waals surface area contributed by atoms with Crippen LogP contribution in [0.25, 0.3) is 4.48 Å². The number of hydrogen-bond donors (Lipinski definition) is 1. The molecule has 1 N–H and O–H groups in total. The van der Waals surface area contributed by atoms with Crippen LogP contribution < -0.4 is 0 Å². The SMILES string of the molecule is CC1=C(Br)c2c(c(C)nn2CCCO)C(=O)C1=O. The minimum Gasteiger partial charge on any atom is -0.396 e. The summed E-state index contributed by atoms with van der Waals surface area (Å²) in [7, 11) is 0. The third-order valence-corrected chi connectivity index (χ3v) is 3.94. The van der Waals surface area contributed by atoms with E-state index in [1.807, 2.05) is 0 Å². The Morgan fingerprint density at radius 3 is 2.56 bits per heavy atom. The van der Waals surface area contributed by atoms with Crippen LogP contribution in [0.1, 0.15) is 35.1 Å². The third-order valence-electron chi connectivity index (χ3n) is 2.97. The van der Waals surface area contributed by atoms with Gasteiger partial charge in [-0.3, -0.25) is 14.3 Å². The van der Waals surface area contributed by atoms with Crippen molar-refractivity contribution in [2.75, 3.05) is 6.61 Å². The second kappa shape index (κ2) is 4.78. The molecule has 2 rings (SSSR count). The molecule has 0 saturated carbocycles. The van der Waals surface area contributed by atoms with Crippen molar-refractivity contribution in [3.8, 4) is 0 Å². The lowest BCUT2D eigenvalue weighted by Gasteiger charge is -2.14. The van der Waals surface area contributed by atoms with Crippen molar-refractivity contribution in [3.63, 3.8) is 0 Å². The van der Waals surface area contributed by atoms with Gasteiger partial charge in [-0.2, -0.15) is 5.10 Å². The monoisotopic (exact) mass is 312 g/mol. The highest BCUT2D eigenvalue weighted by Crippen LogP contribution is 2.35. The van der Waals surface area contributed by atoms with Crippen molar-refractivity contribution >= 4 is 32.0 Å². The molecule has 0 atom stereocenters. The fourth-order valence-corrected chi connectivity index (χ4v) is 2.60. The Hall–Kier alpha value is -1.27. The van der Waals surface area contributed by atoms with Gasteiger partial charge in [-0.15, -0.1) is 0 Å². The topological polar surface area (TPSA) is 72.2 Å². The molecule has 1 aromatic rings. The number of aryl methyl sites for hydroxylation is 2. The van der Waals surface area contributed by atoms with Crippen LogP contribution in [-0.2, 0) is 11.3 Å². The summed E-state index contributed by atoms with van der Waals surface area (Å²) >= 11 is 3.36. The van der Waals surface area contributed by atoms with Crippen LogP contribution >= 0.6 is 15.9 Å². The quantitative estimate of drug-likeness (QED) is 0.858. The van der Waals surface area contributed by atoms with Gasteiger partial charge in [0.05, 0.1) is 21.4 Å². The lowest BCUT2D eigenvalue weighted by Crippen LogP contribution is -2.22. The Morgan fingerprint density at radius 2 is 1.94 bits per heavy atom. The van der Waals surface area contributed by atoms with Gasteiger partial charge in [0.25, 0.3) is 0 Å². The molecular weight excluding hydrogens is 300 g/mol. The zero-order valence-corrected chi connectivity index (χ0v) is 11.7. The molecular formula is C12H13BrN2O3. The summed E-state index contributed by atoms with van der Waals surface area (Å²) in [6.07, 6.45) is 0.551. The van der Waals surface area contributed by atoms with Gasteiger partial charge in [0, 0.05) is 18.7 Å². The first-order valence-corrected chi connectivity index (χ1v) is 6.42. The van der Waals surface area contributed by atoms with E-state index in [0.717, 1.165) is 0 Å². The molecule has 0 saturated heterocycles. The molecule has 0 radical (unpaired) electrons. The van der Waals surface area contributed by atoms with Gasteiger partial charge >= 0.3 is 0 Å². The van der Waals surface area contributed by atoms with Crippen LogP contribution in [0.3, 0.4) is 0 Å². The minimum atomic E-state index is -0.501. The number of rotatable bonds is 3. The number of carbonyl (C=O) groups is 2. The first-order valence-electron chi connectivity index (χ1n) is 5.63. The standard InChI is InChI=1S/C12H13BrN2O3/c1-6-9(13)10-8(12(18)11(6)17)7(2)14-15(10)4-3-5-16/h16H,3-5H2,1-2H3. The van der Waals surface area contributed by atoms with Crippen molar-refractivity contribution in [1.29, 1.82) is 0 Å². The third kappa shape index (κ3) is 1.85. The molecule has 0 unspecified atom stereocenters. The van der Waals surface area contributed by atoms with Gasteiger partial charge < -0.3 is 5.11 Å². The summed E-state index contributed by atoms with van der Waals surface area (Å²) in [4.78, 5) is 23.7. The number of aromatic nitrogens is 2. The van der Waals surface area contributed by atoms with Crippen LogP contribution in [0, 0.1) is 6.92 Å². The molecule has 0 fully saturated rings. The van der Waals surface area contributed by atoms with Gasteiger partial charge in [-0.1, -0.05) is 0 Å². The molecule has 1 aliphatic carbocycles. The Balaban J connectivity index is 2.62. The summed E-state index contributed by atoms with van der Waals surface area (Å²) in [5.41, 5.74) is 1.96. The van der Waals surface area contributed by atoms with Crippen molar-refractivity contribution in [3.05, 3.63) is 22.5 Å². The van der Waals surface area contributed by atoms with Gasteiger partial charge in [0.2, 0.25) is 11.6 Å². The highest BCUT2D eigenvalue weighted by molar-refractivity contribution is 9.15. The van der Waals surface area contributed by atoms with Gasteiger partial charge in [0.15, 0.2) is 0 Å². The number of ketones is 2. The Kier molecular flexibility index (Phi) is 3.49. The summed E-state index contributed by atoms with van der Waals surface area (Å²) < 4.78 is 2.28. The number of carbonyl (C=O) groups excluding carboxylic acids is 2. The number of fused-ring (bicyclic) bond motifs is 1. The van der Waals surface area contributed by atoms with E-state index in [4.69, 9.17) is 5.11 Å². The molecule has 0 spiro atoms. The van der Waals surface area contributed by atoms with Crippen LogP contribution in [-0.4, -0.2) is 33.1 Å². The maximum Gasteiger partial charge on any atom is 0.237 e. The number of Topliss-reactive ketones (excluding diaryl/α,β-unsaturated/α-hetero) is 2. The highest BCUT2D eigenvalue weighted by atomic mass is 79.9. The molecule has 6 heteroatoms. The largest absolute Gasteiger partial charge is 0.396 e. The summed E-state index contributed by atoms with van der Waals surface area (Å²) in [5, 5.41) is 13.1. The van der Waals surface area contributed by atoms with Crippen molar-refractivity contribution in [2.45, 2.75) is 26.8 Å². The average Bonchev–Trinajstić information content (AvgIpc) is 2.68. The number of aliphatic hydroxyl groups is 1. The molecule has 0 aromatic carbocycles. The molecule has 18 heavy (non-hydrogen) atoms. The fourth-order valence-electron chi connectivity index (χ4n) is 2.02. The molecule has 0 amide bonds. The van der Waals surface area contributed by atoms with Crippen molar-refractivity contribution in [1.82, 2.24) is 9.78 Å². The molecule has 0 aliphatic heterocycles. The van der Waals surface area contributed by atoms with E-state index in [-0.39, 0.29) is 6.61 Å². The molecule has 96 valence electrons. The van der Waals surface area contributed by atoms with E-state index in [9.17, 15) is 9.59 Å². The van der Waals surface area contributed by atoms with E-state index < -0.39 is 11.6 Å². The Labute approximate surface area is 113 Å². The Bertz CT molecular complexity index is 572. The van der Waals surface area contributed by atoms with Crippen LogP contribution in [0.15, 0.2) is 5.57 Å². The predicted octanol–water partition coefficient (Wildman–Crippen LogP) is 1.47. The normalized spacial score (nSPS) is 15.3. The average molecular weight is 313 g/mol. The first-order chi connectivity index (χ1) is 8.49. The summed E-state index contributed by atoms with van der Waals surface area (Å²) in [6.45, 7) is 3.89. The van der Waals surface area contributed by atoms with E-state index in [1.54, 1.807) is 18.5 Å². The number of allylic oxidation sites excluding steroid dienone is 1. The summed E-state index contributed by atoms with van der Waals surface area (Å²) in [5.74, 6) is -0.988. The number of hydrogen-bond acceptors (Lipinski definition) is 4. The van der Waals surface area contributed by atoms with Crippen LogP contribution in [0.4, 0.5) is 0 Å². The first kappa shape index (κ1) is 13.2. The zero-order valence-electron chi connectivity index (χ0n) is 10.2. The van der Waals surface area contributed by atoms with Crippen molar-refractivity contribution < 1.29 is 14.7 Å². The maximum absolute atomic E-state index is 12.0. The predicted molar refractivity (Wildman–Crippen MR) is 69.5 cm³/mol. The van der Waals surface area contributed by atoms with E-state index in [0.29, 0.717) is 40.0 Å². The molecule has 1 heterocycles. The van der Waals surface area contributed by atoms with Crippen LogP contribution in [0.5, 0.6) is 0 Å². The fraction of sp³-hybridized carbons (Fsp3) is 0.417. The highest BCUT2D eigenvalue weighted by Gasteiger charge is 2.34. The van der Waals surface area contributed by atoms with E-state index in [1.165, 1.54) is 0 Å². The van der Waals surface area contributed by atoms with Gasteiger partial charge in [0.1, 0.15) is 0 Å². The molecule has 0 bridgehead atoms. The minimum absolute atomic E-state index is 0.0564. The van der Waals surface area contributed by atoms with Crippen molar-refractivity contribution in [2.24, 2.45) is 0 Å². The molecule has 5 nitrogen and oxygen atoms in total. The lowest BCUT2D eigenvalue weighted by molar-refractivity contribution is -0.111. The lowest BCUT2D eigenvalue weighted by atomic mass is 9.94. The maximum atomic E-state index is 12.0. The van der Waals surface area contributed by atoms with E-state index in [2.05, 4.69) is 21.0 Å². The van der Waals surface area contributed by atoms with Crippen LogP contribution in [0.2, 0.25) is 0 Å². The number of nitrogens with zero attached hydrogens (tertiary/aromatic N) is 2. The smallest absolute Gasteiger partial charge is 0.237 e. The number of aliphatic hydroxyl groups excluding tert-OH is 1.